The van der Waals surface area contributed by atoms with Crippen molar-refractivity contribution in [1.82, 2.24) is 14.8 Å². The van der Waals surface area contributed by atoms with Crippen LogP contribution in [0.4, 0.5) is 5.82 Å². The number of aryl methyl sites for hydroxylation is 1. The Bertz CT molecular complexity index is 506. The van der Waals surface area contributed by atoms with Crippen LogP contribution in [0.3, 0.4) is 0 Å². The molecule has 94 valence electrons. The molecule has 0 saturated carbocycles. The highest BCUT2D eigenvalue weighted by Gasteiger charge is 2.22. The number of hydrogen-bond donors (Lipinski definition) is 0. The van der Waals surface area contributed by atoms with Crippen LogP contribution in [0.2, 0.25) is 0 Å². The van der Waals surface area contributed by atoms with Gasteiger partial charge >= 0.3 is 0 Å². The Kier molecular flexibility index (Phi) is 3.00. The minimum atomic E-state index is 0.469. The third-order valence-corrected chi connectivity index (χ3v) is 3.49. The van der Waals surface area contributed by atoms with Crippen LogP contribution >= 0.6 is 0 Å². The number of aromatic nitrogens is 3. The van der Waals surface area contributed by atoms with Gasteiger partial charge in [-0.3, -0.25) is 4.68 Å². The summed E-state index contributed by atoms with van der Waals surface area (Å²) in [5, 5.41) is 4.36. The van der Waals surface area contributed by atoms with E-state index in [0.717, 1.165) is 24.6 Å². The van der Waals surface area contributed by atoms with Crippen molar-refractivity contribution in [1.29, 1.82) is 0 Å². The van der Waals surface area contributed by atoms with E-state index in [1.165, 1.54) is 12.8 Å². The molecule has 3 heterocycles. The molecule has 0 aliphatic carbocycles. The van der Waals surface area contributed by atoms with Crippen molar-refractivity contribution < 1.29 is 0 Å². The Morgan fingerprint density at radius 2 is 2.22 bits per heavy atom. The van der Waals surface area contributed by atoms with E-state index in [9.17, 15) is 0 Å². The number of nitrogens with zero attached hydrogens (tertiary/aromatic N) is 4. The number of rotatable bonds is 2. The minimum Gasteiger partial charge on any atom is -0.354 e. The molecule has 1 atom stereocenters. The molecule has 2 aromatic rings. The van der Waals surface area contributed by atoms with Crippen LogP contribution in [0.15, 0.2) is 36.7 Å². The van der Waals surface area contributed by atoms with Crippen molar-refractivity contribution >= 4 is 5.82 Å². The molecule has 4 nitrogen and oxygen atoms in total. The van der Waals surface area contributed by atoms with Crippen molar-refractivity contribution in [3.05, 3.63) is 42.4 Å². The largest absolute Gasteiger partial charge is 0.354 e. The highest BCUT2D eigenvalue weighted by Crippen LogP contribution is 2.24. The monoisotopic (exact) mass is 242 g/mol. The van der Waals surface area contributed by atoms with Gasteiger partial charge in [0, 0.05) is 31.2 Å². The zero-order chi connectivity index (χ0) is 12.4. The van der Waals surface area contributed by atoms with Crippen LogP contribution in [0.1, 0.15) is 24.6 Å². The van der Waals surface area contributed by atoms with Gasteiger partial charge in [-0.2, -0.15) is 5.10 Å². The lowest BCUT2D eigenvalue weighted by atomic mass is 10.1. The van der Waals surface area contributed by atoms with Gasteiger partial charge < -0.3 is 4.90 Å². The third-order valence-electron chi connectivity index (χ3n) is 3.49. The Morgan fingerprint density at radius 1 is 1.28 bits per heavy atom. The first-order valence-electron chi connectivity index (χ1n) is 6.51. The molecule has 1 saturated heterocycles. The zero-order valence-electron chi connectivity index (χ0n) is 10.7. The smallest absolute Gasteiger partial charge is 0.128 e. The molecule has 0 N–H and O–H groups in total. The maximum Gasteiger partial charge on any atom is 0.128 e. The standard InChI is InChI=1S/C14H18N4/c1-12-5-2-7-14(16-12)17-9-3-6-13(11-17)18-10-4-8-15-18/h2,4-5,7-8,10,13H,3,6,9,11H2,1H3/t13-/m1/s1. The predicted octanol–water partition coefficient (Wildman–Crippen LogP) is 2.43. The maximum atomic E-state index is 4.61. The second-order valence-corrected chi connectivity index (χ2v) is 4.87. The van der Waals surface area contributed by atoms with Crippen molar-refractivity contribution in [2.24, 2.45) is 0 Å². The summed E-state index contributed by atoms with van der Waals surface area (Å²) in [5.74, 6) is 1.09. The SMILES string of the molecule is Cc1cccc(N2CCC[C@@H](n3cccn3)C2)n1. The van der Waals surface area contributed by atoms with Gasteiger partial charge in [0.15, 0.2) is 0 Å². The van der Waals surface area contributed by atoms with E-state index in [0.29, 0.717) is 6.04 Å². The molecule has 3 rings (SSSR count). The normalized spacial score (nSPS) is 20.1. The Morgan fingerprint density at radius 3 is 3.00 bits per heavy atom. The summed E-state index contributed by atoms with van der Waals surface area (Å²) < 4.78 is 2.07. The molecule has 0 radical (unpaired) electrons. The van der Waals surface area contributed by atoms with Gasteiger partial charge in [0.25, 0.3) is 0 Å². The van der Waals surface area contributed by atoms with Crippen LogP contribution < -0.4 is 4.90 Å². The third kappa shape index (κ3) is 2.23. The first-order valence-corrected chi connectivity index (χ1v) is 6.51. The Labute approximate surface area is 107 Å². The Hall–Kier alpha value is -1.84. The van der Waals surface area contributed by atoms with E-state index < -0.39 is 0 Å². The summed E-state index contributed by atoms with van der Waals surface area (Å²) in [6.07, 6.45) is 6.30. The highest BCUT2D eigenvalue weighted by molar-refractivity contribution is 5.39. The zero-order valence-corrected chi connectivity index (χ0v) is 10.7. The van der Waals surface area contributed by atoms with Gasteiger partial charge in [-0.05, 0) is 38.0 Å². The average molecular weight is 242 g/mol. The minimum absolute atomic E-state index is 0.469. The molecule has 1 aliphatic heterocycles. The fourth-order valence-electron chi connectivity index (χ4n) is 2.58. The van der Waals surface area contributed by atoms with Crippen LogP contribution in [-0.4, -0.2) is 27.9 Å². The topological polar surface area (TPSA) is 34.0 Å². The second-order valence-electron chi connectivity index (χ2n) is 4.87. The Balaban J connectivity index is 1.78. The lowest BCUT2D eigenvalue weighted by Gasteiger charge is -2.33. The van der Waals surface area contributed by atoms with E-state index in [2.05, 4.69) is 38.0 Å². The van der Waals surface area contributed by atoms with E-state index in [1.54, 1.807) is 0 Å². The summed E-state index contributed by atoms with van der Waals surface area (Å²) in [7, 11) is 0. The van der Waals surface area contributed by atoms with E-state index in [1.807, 2.05) is 25.3 Å². The fraction of sp³-hybridized carbons (Fsp3) is 0.429. The molecule has 1 fully saturated rings. The first kappa shape index (κ1) is 11.3. The van der Waals surface area contributed by atoms with Gasteiger partial charge in [-0.25, -0.2) is 4.98 Å². The number of pyridine rings is 1. The summed E-state index contributed by atoms with van der Waals surface area (Å²) in [6.45, 7) is 4.13. The summed E-state index contributed by atoms with van der Waals surface area (Å²) in [6, 6.07) is 8.67. The van der Waals surface area contributed by atoms with Gasteiger partial charge in [0.1, 0.15) is 5.82 Å². The molecule has 18 heavy (non-hydrogen) atoms. The molecule has 0 amide bonds. The summed E-state index contributed by atoms with van der Waals surface area (Å²) in [4.78, 5) is 6.97. The van der Waals surface area contributed by atoms with Crippen LogP contribution in [0, 0.1) is 6.92 Å². The van der Waals surface area contributed by atoms with Gasteiger partial charge in [-0.1, -0.05) is 6.07 Å². The second kappa shape index (κ2) is 4.80. The van der Waals surface area contributed by atoms with Gasteiger partial charge in [0.2, 0.25) is 0 Å². The van der Waals surface area contributed by atoms with Crippen LogP contribution in [-0.2, 0) is 0 Å². The average Bonchev–Trinajstić information content (AvgIpc) is 2.93. The van der Waals surface area contributed by atoms with E-state index in [-0.39, 0.29) is 0 Å². The van der Waals surface area contributed by atoms with Gasteiger partial charge in [0.05, 0.1) is 6.04 Å². The van der Waals surface area contributed by atoms with Crippen LogP contribution in [0.5, 0.6) is 0 Å². The molecule has 4 heteroatoms. The number of piperidine rings is 1. The quantitative estimate of drug-likeness (QED) is 0.811. The molecule has 0 aromatic carbocycles. The summed E-state index contributed by atoms with van der Waals surface area (Å²) in [5.41, 5.74) is 1.08. The lowest BCUT2D eigenvalue weighted by Crippen LogP contribution is -2.37. The molecule has 0 unspecified atom stereocenters. The molecule has 0 bridgehead atoms. The highest BCUT2D eigenvalue weighted by atomic mass is 15.3. The molecule has 1 aliphatic rings. The van der Waals surface area contributed by atoms with Crippen molar-refractivity contribution in [2.45, 2.75) is 25.8 Å². The number of hydrogen-bond acceptors (Lipinski definition) is 3. The fourth-order valence-corrected chi connectivity index (χ4v) is 2.58. The van der Waals surface area contributed by atoms with Crippen LogP contribution in [0.25, 0.3) is 0 Å². The van der Waals surface area contributed by atoms with Crippen molar-refractivity contribution in [3.8, 4) is 0 Å². The van der Waals surface area contributed by atoms with Gasteiger partial charge in [-0.15, -0.1) is 0 Å². The van der Waals surface area contributed by atoms with E-state index in [4.69, 9.17) is 0 Å². The van der Waals surface area contributed by atoms with Crippen molar-refractivity contribution in [3.63, 3.8) is 0 Å². The van der Waals surface area contributed by atoms with Crippen molar-refractivity contribution in [2.75, 3.05) is 18.0 Å². The molecular weight excluding hydrogens is 224 g/mol. The first-order chi connectivity index (χ1) is 8.83. The number of anilines is 1. The summed E-state index contributed by atoms with van der Waals surface area (Å²) >= 11 is 0. The molecule has 2 aromatic heterocycles. The predicted molar refractivity (Wildman–Crippen MR) is 71.7 cm³/mol. The maximum absolute atomic E-state index is 4.61. The molecule has 0 spiro atoms. The lowest BCUT2D eigenvalue weighted by molar-refractivity contribution is 0.375. The van der Waals surface area contributed by atoms with E-state index >= 15 is 0 Å². The molecular formula is C14H18N4.